The number of hydrogen-bond acceptors (Lipinski definition) is 5. The zero-order valence-corrected chi connectivity index (χ0v) is 18.8. The maximum atomic E-state index is 12.9. The molecular weight excluding hydrogens is 402 g/mol. The van der Waals surface area contributed by atoms with E-state index in [9.17, 15) is 9.59 Å². The third-order valence-corrected chi connectivity index (χ3v) is 8.37. The normalized spacial score (nSPS) is 24.8. The van der Waals surface area contributed by atoms with Crippen molar-refractivity contribution < 1.29 is 9.59 Å². The Morgan fingerprint density at radius 1 is 1.21 bits per heavy atom. The summed E-state index contributed by atoms with van der Waals surface area (Å²) in [5.74, 6) is 2.22. The quantitative estimate of drug-likeness (QED) is 0.698. The van der Waals surface area contributed by atoms with Gasteiger partial charge in [0.15, 0.2) is 0 Å². The Hall–Kier alpha value is -1.18. The molecule has 2 heterocycles. The van der Waals surface area contributed by atoms with Crippen LogP contribution in [0, 0.1) is 5.92 Å². The van der Waals surface area contributed by atoms with Crippen molar-refractivity contribution in [3.05, 3.63) is 24.3 Å². The first-order chi connectivity index (χ1) is 14.1. The topological polar surface area (TPSA) is 52.7 Å². The highest BCUT2D eigenvalue weighted by Gasteiger charge is 2.41. The summed E-state index contributed by atoms with van der Waals surface area (Å²) in [6, 6.07) is 8.01. The van der Waals surface area contributed by atoms with Crippen molar-refractivity contribution in [3.63, 3.8) is 0 Å². The third kappa shape index (κ3) is 4.62. The molecule has 1 N–H and O–H groups in total. The minimum absolute atomic E-state index is 0.0410. The molecule has 2 saturated heterocycles. The smallest absolute Gasteiger partial charge is 0.227 e. The van der Waals surface area contributed by atoms with E-state index < -0.39 is 0 Å². The number of carbonyl (C=O) groups excluding carboxylic acids is 2. The molecule has 1 unspecified atom stereocenters. The molecule has 1 saturated carbocycles. The number of benzene rings is 1. The average molecular weight is 434 g/mol. The predicted octanol–water partition coefficient (Wildman–Crippen LogP) is 3.24. The monoisotopic (exact) mass is 433 g/mol. The number of rotatable bonds is 6. The number of nitrogens with one attached hydrogen (secondary N) is 1. The number of amides is 2. The van der Waals surface area contributed by atoms with Gasteiger partial charge in [0.25, 0.3) is 0 Å². The van der Waals surface area contributed by atoms with Gasteiger partial charge in [-0.15, -0.1) is 11.8 Å². The highest BCUT2D eigenvalue weighted by molar-refractivity contribution is 7.99. The van der Waals surface area contributed by atoms with E-state index in [1.54, 1.807) is 16.7 Å². The Balaban J connectivity index is 1.36. The lowest BCUT2D eigenvalue weighted by Gasteiger charge is -2.43. The molecule has 0 spiro atoms. The molecule has 2 aliphatic heterocycles. The lowest BCUT2D eigenvalue weighted by Crippen LogP contribution is -2.57. The number of thioether (sulfide) groups is 2. The molecule has 3 fully saturated rings. The zero-order chi connectivity index (χ0) is 20.3. The SMILES string of the molecule is CSc1ccc(N2CC(C(=O)NCC3(N4CCSCC4)CCCC3)CC2=O)cc1. The number of nitrogens with zero attached hydrogens (tertiary/aromatic N) is 2. The van der Waals surface area contributed by atoms with Gasteiger partial charge in [-0.2, -0.15) is 11.8 Å². The van der Waals surface area contributed by atoms with Crippen molar-refractivity contribution in [1.29, 1.82) is 0 Å². The van der Waals surface area contributed by atoms with Crippen molar-refractivity contribution in [3.8, 4) is 0 Å². The van der Waals surface area contributed by atoms with Gasteiger partial charge in [-0.3, -0.25) is 14.5 Å². The minimum Gasteiger partial charge on any atom is -0.354 e. The lowest BCUT2D eigenvalue weighted by molar-refractivity contribution is -0.126. The number of anilines is 1. The van der Waals surface area contributed by atoms with E-state index in [1.807, 2.05) is 42.3 Å². The van der Waals surface area contributed by atoms with Crippen molar-refractivity contribution in [1.82, 2.24) is 10.2 Å². The Kier molecular flexibility index (Phi) is 6.76. The minimum atomic E-state index is -0.252. The molecule has 1 aromatic rings. The van der Waals surface area contributed by atoms with Gasteiger partial charge in [0.2, 0.25) is 11.8 Å². The Bertz CT molecular complexity index is 728. The maximum Gasteiger partial charge on any atom is 0.227 e. The lowest BCUT2D eigenvalue weighted by atomic mass is 9.94. The van der Waals surface area contributed by atoms with Crippen LogP contribution in [0.1, 0.15) is 32.1 Å². The second-order valence-corrected chi connectivity index (χ2v) is 10.5. The summed E-state index contributed by atoms with van der Waals surface area (Å²) in [6.07, 6.45) is 7.20. The van der Waals surface area contributed by atoms with Crippen LogP contribution in [0.4, 0.5) is 5.69 Å². The van der Waals surface area contributed by atoms with E-state index in [2.05, 4.69) is 10.2 Å². The van der Waals surface area contributed by atoms with Crippen molar-refractivity contribution in [2.45, 2.75) is 42.5 Å². The summed E-state index contributed by atoms with van der Waals surface area (Å²) in [5, 5.41) is 3.25. The average Bonchev–Trinajstić information content (AvgIpc) is 3.40. The van der Waals surface area contributed by atoms with Gasteiger partial charge < -0.3 is 10.2 Å². The van der Waals surface area contributed by atoms with Gasteiger partial charge in [-0.1, -0.05) is 12.8 Å². The van der Waals surface area contributed by atoms with E-state index in [4.69, 9.17) is 0 Å². The van der Waals surface area contributed by atoms with Gasteiger partial charge in [0.05, 0.1) is 5.92 Å². The Morgan fingerprint density at radius 3 is 2.55 bits per heavy atom. The van der Waals surface area contributed by atoms with Gasteiger partial charge in [0.1, 0.15) is 0 Å². The molecule has 1 aromatic carbocycles. The van der Waals surface area contributed by atoms with Crippen LogP contribution in [0.3, 0.4) is 0 Å². The summed E-state index contributed by atoms with van der Waals surface area (Å²) >= 11 is 3.71. The molecular formula is C22H31N3O2S2. The summed E-state index contributed by atoms with van der Waals surface area (Å²) in [7, 11) is 0. The van der Waals surface area contributed by atoms with Crippen molar-refractivity contribution in [2.24, 2.45) is 5.92 Å². The van der Waals surface area contributed by atoms with E-state index in [0.717, 1.165) is 25.3 Å². The molecule has 5 nitrogen and oxygen atoms in total. The van der Waals surface area contributed by atoms with Crippen LogP contribution in [0.2, 0.25) is 0 Å². The Morgan fingerprint density at radius 2 is 1.90 bits per heavy atom. The molecule has 4 rings (SSSR count). The van der Waals surface area contributed by atoms with Crippen LogP contribution in [0.15, 0.2) is 29.2 Å². The van der Waals surface area contributed by atoms with E-state index in [0.29, 0.717) is 13.0 Å². The molecule has 2 amide bonds. The molecule has 0 radical (unpaired) electrons. The first-order valence-corrected chi connectivity index (χ1v) is 13.0. The van der Waals surface area contributed by atoms with Gasteiger partial charge >= 0.3 is 0 Å². The molecule has 29 heavy (non-hydrogen) atoms. The van der Waals surface area contributed by atoms with E-state index in [-0.39, 0.29) is 23.3 Å². The van der Waals surface area contributed by atoms with Crippen LogP contribution < -0.4 is 10.2 Å². The molecule has 1 atom stereocenters. The molecule has 3 aliphatic rings. The van der Waals surface area contributed by atoms with E-state index in [1.165, 1.54) is 42.1 Å². The fourth-order valence-corrected chi connectivity index (χ4v) is 6.28. The highest BCUT2D eigenvalue weighted by atomic mass is 32.2. The number of carbonyl (C=O) groups is 2. The molecule has 7 heteroatoms. The van der Waals surface area contributed by atoms with Crippen molar-refractivity contribution >= 4 is 41.0 Å². The van der Waals surface area contributed by atoms with Crippen LogP contribution in [-0.4, -0.2) is 66.2 Å². The van der Waals surface area contributed by atoms with Crippen molar-refractivity contribution in [2.75, 3.05) is 48.8 Å². The first-order valence-electron chi connectivity index (χ1n) is 10.7. The highest BCUT2D eigenvalue weighted by Crippen LogP contribution is 2.36. The summed E-state index contributed by atoms with van der Waals surface area (Å²) in [5.41, 5.74) is 1.02. The maximum absolute atomic E-state index is 12.9. The van der Waals surface area contributed by atoms with E-state index >= 15 is 0 Å². The predicted molar refractivity (Wildman–Crippen MR) is 122 cm³/mol. The standard InChI is InChI=1S/C22H31N3O2S2/c1-28-19-6-4-18(5-7-19)25-15-17(14-20(25)26)21(27)23-16-22(8-2-3-9-22)24-10-12-29-13-11-24/h4-7,17H,2-3,8-16H2,1H3,(H,23,27). The second kappa shape index (κ2) is 9.31. The van der Waals surface area contributed by atoms with Gasteiger partial charge in [-0.05, 0) is 43.4 Å². The van der Waals surface area contributed by atoms with Crippen LogP contribution in [0.25, 0.3) is 0 Å². The van der Waals surface area contributed by atoms with Crippen LogP contribution in [-0.2, 0) is 9.59 Å². The zero-order valence-electron chi connectivity index (χ0n) is 17.2. The summed E-state index contributed by atoms with van der Waals surface area (Å²) in [6.45, 7) is 3.46. The van der Waals surface area contributed by atoms with Crippen LogP contribution >= 0.6 is 23.5 Å². The summed E-state index contributed by atoms with van der Waals surface area (Å²) in [4.78, 5) is 31.0. The van der Waals surface area contributed by atoms with Crippen LogP contribution in [0.5, 0.6) is 0 Å². The second-order valence-electron chi connectivity index (χ2n) is 8.35. The third-order valence-electron chi connectivity index (χ3n) is 6.69. The van der Waals surface area contributed by atoms with Gasteiger partial charge in [-0.25, -0.2) is 0 Å². The molecule has 0 bridgehead atoms. The molecule has 1 aliphatic carbocycles. The first kappa shape index (κ1) is 21.1. The fraction of sp³-hybridized carbons (Fsp3) is 0.636. The Labute approximate surface area is 182 Å². The largest absolute Gasteiger partial charge is 0.354 e. The number of hydrogen-bond donors (Lipinski definition) is 1. The molecule has 0 aromatic heterocycles. The molecule has 158 valence electrons. The summed E-state index contributed by atoms with van der Waals surface area (Å²) < 4.78 is 0. The fourth-order valence-electron chi connectivity index (χ4n) is 4.97. The van der Waals surface area contributed by atoms with Gasteiger partial charge in [0, 0.05) is 60.2 Å².